The molecule has 0 heterocycles. The van der Waals surface area contributed by atoms with Crippen LogP contribution in [0.25, 0.3) is 0 Å². The molecule has 0 radical (unpaired) electrons. The highest BCUT2D eigenvalue weighted by Crippen LogP contribution is 2.19. The molecule has 0 saturated carbocycles. The van der Waals surface area contributed by atoms with E-state index in [4.69, 9.17) is 9.84 Å². The third-order valence-electron chi connectivity index (χ3n) is 9.24. The first-order valence-electron chi connectivity index (χ1n) is 20.2. The average Bonchev–Trinajstić information content (AvgIpc) is 3.02. The molecule has 0 aliphatic carbocycles. The standard InChI is InChI=1S/C41H78O4/c1-3-5-7-9-11-13-15-16-17-18-19-21-22-24-27-31-35-39(36-32-28-26-29-33-37-40(42)43)45-41(44)38-34-30-25-23-20-14-12-10-8-6-4-2/h10,12,39H,3-9,11,13-38H2,1-2H3,(H,42,43)/b12-10-. The lowest BCUT2D eigenvalue weighted by Crippen LogP contribution is -2.18. The number of hydrogen-bond donors (Lipinski definition) is 1. The van der Waals surface area contributed by atoms with Crippen LogP contribution in [0.1, 0.15) is 232 Å². The lowest BCUT2D eigenvalue weighted by atomic mass is 10.0. The van der Waals surface area contributed by atoms with E-state index in [-0.39, 0.29) is 18.5 Å². The first-order valence-corrected chi connectivity index (χ1v) is 20.2. The third kappa shape index (κ3) is 37.0. The molecule has 0 aliphatic heterocycles. The number of carboxylic acids is 1. The molecule has 1 atom stereocenters. The van der Waals surface area contributed by atoms with Gasteiger partial charge in [0.1, 0.15) is 6.10 Å². The molecular weight excluding hydrogens is 556 g/mol. The normalized spacial score (nSPS) is 12.2. The highest BCUT2D eigenvalue weighted by Gasteiger charge is 2.14. The van der Waals surface area contributed by atoms with Crippen LogP contribution in [0.4, 0.5) is 0 Å². The van der Waals surface area contributed by atoms with Gasteiger partial charge in [0.05, 0.1) is 0 Å². The predicted octanol–water partition coefficient (Wildman–Crippen LogP) is 13.8. The van der Waals surface area contributed by atoms with Gasteiger partial charge in [-0.2, -0.15) is 0 Å². The molecule has 0 aromatic rings. The molecule has 0 amide bonds. The molecule has 0 rings (SSSR count). The summed E-state index contributed by atoms with van der Waals surface area (Å²) in [6.07, 6.45) is 45.2. The largest absolute Gasteiger partial charge is 0.481 e. The van der Waals surface area contributed by atoms with Crippen molar-refractivity contribution in [1.82, 2.24) is 0 Å². The summed E-state index contributed by atoms with van der Waals surface area (Å²) in [5.74, 6) is -0.701. The average molecular weight is 635 g/mol. The quantitative estimate of drug-likeness (QED) is 0.0419. The molecule has 0 aromatic carbocycles. The zero-order valence-corrected chi connectivity index (χ0v) is 30.4. The molecule has 0 spiro atoms. The topological polar surface area (TPSA) is 63.6 Å². The summed E-state index contributed by atoms with van der Waals surface area (Å²) in [6, 6.07) is 0. The van der Waals surface area contributed by atoms with Crippen molar-refractivity contribution in [3.63, 3.8) is 0 Å². The fourth-order valence-corrected chi connectivity index (χ4v) is 6.23. The second-order valence-corrected chi connectivity index (χ2v) is 13.8. The molecule has 45 heavy (non-hydrogen) atoms. The van der Waals surface area contributed by atoms with Crippen molar-refractivity contribution >= 4 is 11.9 Å². The van der Waals surface area contributed by atoms with E-state index >= 15 is 0 Å². The number of carbonyl (C=O) groups is 2. The van der Waals surface area contributed by atoms with Gasteiger partial charge in [0.25, 0.3) is 0 Å². The Balaban J connectivity index is 4.00. The van der Waals surface area contributed by atoms with Gasteiger partial charge in [-0.3, -0.25) is 9.59 Å². The Kier molecular flexibility index (Phi) is 36.1. The van der Waals surface area contributed by atoms with Crippen LogP contribution in [0.5, 0.6) is 0 Å². The zero-order valence-electron chi connectivity index (χ0n) is 30.4. The summed E-state index contributed by atoms with van der Waals surface area (Å²) in [7, 11) is 0. The van der Waals surface area contributed by atoms with E-state index < -0.39 is 5.97 Å². The lowest BCUT2D eigenvalue weighted by molar-refractivity contribution is -0.150. The molecule has 0 bridgehead atoms. The lowest BCUT2D eigenvalue weighted by Gasteiger charge is -2.18. The van der Waals surface area contributed by atoms with Gasteiger partial charge in [-0.25, -0.2) is 0 Å². The van der Waals surface area contributed by atoms with Crippen LogP contribution < -0.4 is 0 Å². The van der Waals surface area contributed by atoms with Gasteiger partial charge in [0, 0.05) is 12.8 Å². The number of rotatable bonds is 37. The van der Waals surface area contributed by atoms with Gasteiger partial charge in [0.15, 0.2) is 0 Å². The van der Waals surface area contributed by atoms with Gasteiger partial charge in [0.2, 0.25) is 0 Å². The van der Waals surface area contributed by atoms with E-state index in [2.05, 4.69) is 26.0 Å². The second kappa shape index (κ2) is 37.1. The number of unbranched alkanes of at least 4 members (excludes halogenated alkanes) is 26. The summed E-state index contributed by atoms with van der Waals surface area (Å²) in [6.45, 7) is 4.52. The molecule has 1 unspecified atom stereocenters. The first kappa shape index (κ1) is 43.7. The Morgan fingerprint density at radius 2 is 0.822 bits per heavy atom. The van der Waals surface area contributed by atoms with Crippen molar-refractivity contribution in [2.75, 3.05) is 0 Å². The van der Waals surface area contributed by atoms with Crippen LogP contribution >= 0.6 is 0 Å². The van der Waals surface area contributed by atoms with E-state index in [1.165, 1.54) is 141 Å². The number of esters is 1. The van der Waals surface area contributed by atoms with Gasteiger partial charge >= 0.3 is 11.9 Å². The summed E-state index contributed by atoms with van der Waals surface area (Å²) in [5, 5.41) is 8.82. The van der Waals surface area contributed by atoms with Gasteiger partial charge < -0.3 is 9.84 Å². The van der Waals surface area contributed by atoms with Crippen LogP contribution in [0.2, 0.25) is 0 Å². The number of hydrogen-bond acceptors (Lipinski definition) is 3. The van der Waals surface area contributed by atoms with Crippen LogP contribution in [0.3, 0.4) is 0 Å². The number of allylic oxidation sites excluding steroid dienone is 2. The van der Waals surface area contributed by atoms with E-state index in [9.17, 15) is 9.59 Å². The van der Waals surface area contributed by atoms with Crippen molar-refractivity contribution in [2.24, 2.45) is 0 Å². The maximum Gasteiger partial charge on any atom is 0.306 e. The molecule has 0 saturated heterocycles. The Labute approximate surface area is 281 Å². The van der Waals surface area contributed by atoms with Crippen LogP contribution in [-0.4, -0.2) is 23.1 Å². The fourth-order valence-electron chi connectivity index (χ4n) is 6.23. The third-order valence-corrected chi connectivity index (χ3v) is 9.24. The molecule has 1 N–H and O–H groups in total. The summed E-state index contributed by atoms with van der Waals surface area (Å²) in [4.78, 5) is 23.3. The monoisotopic (exact) mass is 635 g/mol. The van der Waals surface area contributed by atoms with Crippen molar-refractivity contribution in [3.8, 4) is 0 Å². The minimum absolute atomic E-state index is 0.00295. The van der Waals surface area contributed by atoms with Gasteiger partial charge in [-0.15, -0.1) is 0 Å². The fraction of sp³-hybridized carbons (Fsp3) is 0.902. The predicted molar refractivity (Wildman–Crippen MR) is 195 cm³/mol. The Morgan fingerprint density at radius 3 is 1.27 bits per heavy atom. The molecule has 0 aromatic heterocycles. The number of aliphatic carboxylic acids is 1. The second-order valence-electron chi connectivity index (χ2n) is 13.8. The SMILES string of the molecule is CCCC/C=C\CCCCCCCC(=O)OC(CCCCCCCCCCCCCCCCCC)CCCCCCCC(=O)O. The van der Waals surface area contributed by atoms with Crippen molar-refractivity contribution in [3.05, 3.63) is 12.2 Å². The van der Waals surface area contributed by atoms with Crippen molar-refractivity contribution < 1.29 is 19.4 Å². The summed E-state index contributed by atoms with van der Waals surface area (Å²) in [5.41, 5.74) is 0. The molecular formula is C41H78O4. The van der Waals surface area contributed by atoms with Crippen LogP contribution in [0.15, 0.2) is 12.2 Å². The maximum absolute atomic E-state index is 12.6. The smallest absolute Gasteiger partial charge is 0.306 e. The Hall–Kier alpha value is -1.32. The Morgan fingerprint density at radius 1 is 0.467 bits per heavy atom. The molecule has 4 nitrogen and oxygen atoms in total. The molecule has 0 fully saturated rings. The molecule has 4 heteroatoms. The molecule has 0 aliphatic rings. The summed E-state index contributed by atoms with van der Waals surface area (Å²) < 4.78 is 6.00. The van der Waals surface area contributed by atoms with E-state index in [0.717, 1.165) is 64.2 Å². The van der Waals surface area contributed by atoms with E-state index in [1.54, 1.807) is 0 Å². The van der Waals surface area contributed by atoms with Crippen molar-refractivity contribution in [1.29, 1.82) is 0 Å². The molecule has 266 valence electrons. The summed E-state index contributed by atoms with van der Waals surface area (Å²) >= 11 is 0. The van der Waals surface area contributed by atoms with Gasteiger partial charge in [-0.1, -0.05) is 174 Å². The minimum Gasteiger partial charge on any atom is -0.481 e. The number of carbonyl (C=O) groups excluding carboxylic acids is 1. The number of carboxylic acid groups (broad SMARTS) is 1. The highest BCUT2D eigenvalue weighted by molar-refractivity contribution is 5.69. The minimum atomic E-state index is -0.698. The highest BCUT2D eigenvalue weighted by atomic mass is 16.5. The number of ether oxygens (including phenoxy) is 1. The van der Waals surface area contributed by atoms with Crippen molar-refractivity contribution in [2.45, 2.75) is 238 Å². The van der Waals surface area contributed by atoms with Gasteiger partial charge in [-0.05, 0) is 57.8 Å². The van der Waals surface area contributed by atoms with Crippen LogP contribution in [-0.2, 0) is 14.3 Å². The van der Waals surface area contributed by atoms with Crippen LogP contribution in [0, 0.1) is 0 Å². The maximum atomic E-state index is 12.6. The van der Waals surface area contributed by atoms with E-state index in [1.807, 2.05) is 0 Å². The Bertz CT molecular complexity index is 643. The van der Waals surface area contributed by atoms with E-state index in [0.29, 0.717) is 6.42 Å². The first-order chi connectivity index (χ1) is 22.1. The zero-order chi connectivity index (χ0) is 32.9.